The number of rotatable bonds is 3. The highest BCUT2D eigenvalue weighted by Gasteiger charge is 2.46. The maximum atomic E-state index is 12.0. The van der Waals surface area contributed by atoms with Crippen LogP contribution in [-0.4, -0.2) is 42.5 Å². The normalized spacial score (nSPS) is 33.8. The Kier molecular flexibility index (Phi) is 3.64. The molecule has 0 aromatic rings. The molecule has 17 heavy (non-hydrogen) atoms. The van der Waals surface area contributed by atoms with E-state index in [9.17, 15) is 4.79 Å². The van der Waals surface area contributed by atoms with Crippen LogP contribution in [0.2, 0.25) is 0 Å². The molecule has 2 unspecified atom stereocenters. The lowest BCUT2D eigenvalue weighted by atomic mass is 9.76. The SMILES string of the molecule is CCC1C=CC=CC1(C(N)=O)N1CCNCC1. The standard InChI is InChI=1S/C13H21N3O/c1-2-11-5-3-4-6-13(11,12(14)17)16-9-7-15-8-10-16/h3-6,11,15H,2,7-10H2,1H3,(H2,14,17). The third-order valence-corrected chi connectivity index (χ3v) is 3.84. The van der Waals surface area contributed by atoms with Crippen LogP contribution in [-0.2, 0) is 4.79 Å². The predicted molar refractivity (Wildman–Crippen MR) is 68.4 cm³/mol. The first-order valence-corrected chi connectivity index (χ1v) is 6.33. The molecule has 0 aromatic carbocycles. The van der Waals surface area contributed by atoms with E-state index in [1.807, 2.05) is 18.2 Å². The van der Waals surface area contributed by atoms with Crippen molar-refractivity contribution in [3.63, 3.8) is 0 Å². The average Bonchev–Trinajstić information content (AvgIpc) is 2.39. The number of carbonyl (C=O) groups excluding carboxylic acids is 1. The lowest BCUT2D eigenvalue weighted by Crippen LogP contribution is -2.64. The van der Waals surface area contributed by atoms with Gasteiger partial charge in [-0.05, 0) is 6.42 Å². The van der Waals surface area contributed by atoms with Crippen LogP contribution in [0.5, 0.6) is 0 Å². The summed E-state index contributed by atoms with van der Waals surface area (Å²) < 4.78 is 0. The lowest BCUT2D eigenvalue weighted by molar-refractivity contribution is -0.130. The summed E-state index contributed by atoms with van der Waals surface area (Å²) in [7, 11) is 0. The van der Waals surface area contributed by atoms with Crippen LogP contribution in [0.3, 0.4) is 0 Å². The minimum absolute atomic E-state index is 0.183. The Balaban J connectivity index is 2.33. The highest BCUT2D eigenvalue weighted by Crippen LogP contribution is 2.33. The number of primary amides is 1. The van der Waals surface area contributed by atoms with Crippen LogP contribution >= 0.6 is 0 Å². The quantitative estimate of drug-likeness (QED) is 0.738. The first kappa shape index (κ1) is 12.3. The van der Waals surface area contributed by atoms with Gasteiger partial charge in [-0.1, -0.05) is 31.2 Å². The molecule has 0 bridgehead atoms. The lowest BCUT2D eigenvalue weighted by Gasteiger charge is -2.46. The first-order chi connectivity index (χ1) is 8.21. The van der Waals surface area contributed by atoms with E-state index in [2.05, 4.69) is 23.2 Å². The third-order valence-electron chi connectivity index (χ3n) is 3.84. The average molecular weight is 235 g/mol. The fraction of sp³-hybridized carbons (Fsp3) is 0.615. The molecule has 0 spiro atoms. The van der Waals surface area contributed by atoms with Crippen LogP contribution in [0.25, 0.3) is 0 Å². The highest BCUT2D eigenvalue weighted by molar-refractivity contribution is 5.88. The molecule has 2 aliphatic rings. The largest absolute Gasteiger partial charge is 0.368 e. The van der Waals surface area contributed by atoms with E-state index >= 15 is 0 Å². The number of amides is 1. The van der Waals surface area contributed by atoms with E-state index in [0.29, 0.717) is 0 Å². The van der Waals surface area contributed by atoms with Crippen molar-refractivity contribution < 1.29 is 4.79 Å². The number of nitrogens with zero attached hydrogens (tertiary/aromatic N) is 1. The molecule has 3 N–H and O–H groups in total. The van der Waals surface area contributed by atoms with Crippen molar-refractivity contribution in [3.05, 3.63) is 24.3 Å². The van der Waals surface area contributed by atoms with Gasteiger partial charge in [0.05, 0.1) is 0 Å². The molecule has 1 heterocycles. The van der Waals surface area contributed by atoms with Gasteiger partial charge in [0.25, 0.3) is 0 Å². The minimum atomic E-state index is -0.619. The van der Waals surface area contributed by atoms with Gasteiger partial charge in [0.15, 0.2) is 0 Å². The summed E-state index contributed by atoms with van der Waals surface area (Å²) >= 11 is 0. The molecular weight excluding hydrogens is 214 g/mol. The van der Waals surface area contributed by atoms with Crippen LogP contribution in [0.1, 0.15) is 13.3 Å². The van der Waals surface area contributed by atoms with Crippen LogP contribution in [0, 0.1) is 5.92 Å². The van der Waals surface area contributed by atoms with Crippen molar-refractivity contribution in [3.8, 4) is 0 Å². The summed E-state index contributed by atoms with van der Waals surface area (Å²) in [6.45, 7) is 5.69. The molecule has 1 saturated heterocycles. The number of allylic oxidation sites excluding steroid dienone is 2. The monoisotopic (exact) mass is 235 g/mol. The van der Waals surface area contributed by atoms with Gasteiger partial charge in [0.2, 0.25) is 5.91 Å². The number of carbonyl (C=O) groups is 1. The summed E-state index contributed by atoms with van der Waals surface area (Å²) in [5.74, 6) is -0.0463. The van der Waals surface area contributed by atoms with E-state index in [4.69, 9.17) is 5.73 Å². The number of nitrogens with two attached hydrogens (primary N) is 1. The molecule has 4 nitrogen and oxygen atoms in total. The van der Waals surface area contributed by atoms with Crippen molar-refractivity contribution in [2.75, 3.05) is 26.2 Å². The summed E-state index contributed by atoms with van der Waals surface area (Å²) in [6, 6.07) is 0. The molecule has 1 fully saturated rings. The zero-order valence-corrected chi connectivity index (χ0v) is 10.4. The van der Waals surface area contributed by atoms with Gasteiger partial charge >= 0.3 is 0 Å². The second-order valence-electron chi connectivity index (χ2n) is 4.69. The van der Waals surface area contributed by atoms with Crippen molar-refractivity contribution in [2.45, 2.75) is 18.9 Å². The van der Waals surface area contributed by atoms with Crippen LogP contribution in [0.15, 0.2) is 24.3 Å². The molecule has 2 rings (SSSR count). The highest BCUT2D eigenvalue weighted by atomic mass is 16.1. The molecule has 0 radical (unpaired) electrons. The van der Waals surface area contributed by atoms with Gasteiger partial charge < -0.3 is 11.1 Å². The maximum Gasteiger partial charge on any atom is 0.242 e. The Bertz CT molecular complexity index is 345. The fourth-order valence-corrected chi connectivity index (χ4v) is 2.91. The summed E-state index contributed by atoms with van der Waals surface area (Å²) in [5, 5.41) is 3.31. The van der Waals surface area contributed by atoms with E-state index < -0.39 is 5.54 Å². The number of nitrogens with one attached hydrogen (secondary N) is 1. The molecular formula is C13H21N3O. The number of hydrogen-bond acceptors (Lipinski definition) is 3. The molecule has 1 amide bonds. The molecule has 2 atom stereocenters. The van der Waals surface area contributed by atoms with Gasteiger partial charge in [-0.2, -0.15) is 0 Å². The van der Waals surface area contributed by atoms with E-state index in [-0.39, 0.29) is 11.8 Å². The maximum absolute atomic E-state index is 12.0. The Labute approximate surface area is 103 Å². The minimum Gasteiger partial charge on any atom is -0.368 e. The van der Waals surface area contributed by atoms with E-state index in [1.54, 1.807) is 0 Å². The van der Waals surface area contributed by atoms with Crippen molar-refractivity contribution >= 4 is 5.91 Å². The summed E-state index contributed by atoms with van der Waals surface area (Å²) in [4.78, 5) is 14.2. The Morgan fingerprint density at radius 3 is 2.76 bits per heavy atom. The van der Waals surface area contributed by atoms with E-state index in [1.165, 1.54) is 0 Å². The van der Waals surface area contributed by atoms with Gasteiger partial charge in [-0.15, -0.1) is 0 Å². The Morgan fingerprint density at radius 1 is 1.47 bits per heavy atom. The topological polar surface area (TPSA) is 58.4 Å². The van der Waals surface area contributed by atoms with Crippen molar-refractivity contribution in [2.24, 2.45) is 11.7 Å². The van der Waals surface area contributed by atoms with Gasteiger partial charge in [0.1, 0.15) is 5.54 Å². The van der Waals surface area contributed by atoms with Crippen molar-refractivity contribution in [1.29, 1.82) is 0 Å². The molecule has 1 aliphatic heterocycles. The molecule has 94 valence electrons. The third kappa shape index (κ3) is 2.03. The first-order valence-electron chi connectivity index (χ1n) is 6.33. The predicted octanol–water partition coefficient (Wildman–Crippen LogP) is 0.268. The summed E-state index contributed by atoms with van der Waals surface area (Å²) in [5.41, 5.74) is 5.09. The molecule has 0 aromatic heterocycles. The van der Waals surface area contributed by atoms with Gasteiger partial charge in [-0.3, -0.25) is 9.69 Å². The van der Waals surface area contributed by atoms with Crippen molar-refractivity contribution in [1.82, 2.24) is 10.2 Å². The zero-order valence-electron chi connectivity index (χ0n) is 10.4. The number of hydrogen-bond donors (Lipinski definition) is 2. The smallest absolute Gasteiger partial charge is 0.242 e. The van der Waals surface area contributed by atoms with Crippen LogP contribution < -0.4 is 11.1 Å². The number of piperazine rings is 1. The second-order valence-corrected chi connectivity index (χ2v) is 4.69. The Morgan fingerprint density at radius 2 is 2.18 bits per heavy atom. The zero-order chi connectivity index (χ0) is 12.3. The fourth-order valence-electron chi connectivity index (χ4n) is 2.91. The Hall–Kier alpha value is -1.13. The van der Waals surface area contributed by atoms with E-state index in [0.717, 1.165) is 32.6 Å². The molecule has 4 heteroatoms. The van der Waals surface area contributed by atoms with Gasteiger partial charge in [0, 0.05) is 32.1 Å². The summed E-state index contributed by atoms with van der Waals surface area (Å²) in [6.07, 6.45) is 8.96. The second kappa shape index (κ2) is 5.02. The molecule has 1 aliphatic carbocycles. The van der Waals surface area contributed by atoms with Gasteiger partial charge in [-0.25, -0.2) is 0 Å². The molecule has 0 saturated carbocycles. The van der Waals surface area contributed by atoms with Crippen LogP contribution in [0.4, 0.5) is 0 Å².